The van der Waals surface area contributed by atoms with E-state index < -0.39 is 11.5 Å². The summed E-state index contributed by atoms with van der Waals surface area (Å²) < 4.78 is 5.00. The van der Waals surface area contributed by atoms with E-state index in [1.54, 1.807) is 4.90 Å². The first-order valence-electron chi connectivity index (χ1n) is 7.29. The lowest BCUT2D eigenvalue weighted by Crippen LogP contribution is -2.76. The molecule has 126 valence electrons. The number of anilines is 1. The first kappa shape index (κ1) is 17.9. The molecule has 1 unspecified atom stereocenters. The van der Waals surface area contributed by atoms with Gasteiger partial charge in [0.2, 0.25) is 5.91 Å². The van der Waals surface area contributed by atoms with E-state index in [0.29, 0.717) is 13.1 Å². The van der Waals surface area contributed by atoms with Gasteiger partial charge in [-0.25, -0.2) is 4.79 Å². The number of rotatable bonds is 6. The second-order valence-corrected chi connectivity index (χ2v) is 6.87. The molecule has 1 aliphatic heterocycles. The van der Waals surface area contributed by atoms with Crippen LogP contribution in [0.2, 0.25) is 0 Å². The molecule has 1 saturated heterocycles. The molecule has 2 rings (SSSR count). The minimum absolute atomic E-state index is 0.158. The third-order valence-corrected chi connectivity index (χ3v) is 5.26. The molecule has 23 heavy (non-hydrogen) atoms. The van der Waals surface area contributed by atoms with Crippen LogP contribution in [0.25, 0.3) is 0 Å². The van der Waals surface area contributed by atoms with Gasteiger partial charge in [0.1, 0.15) is 5.88 Å². The zero-order valence-corrected chi connectivity index (χ0v) is 15.1. The number of alkyl halides is 1. The molecular formula is C16H21ClN2O3S. The van der Waals surface area contributed by atoms with Crippen LogP contribution >= 0.6 is 23.4 Å². The molecule has 7 heteroatoms. The predicted octanol–water partition coefficient (Wildman–Crippen LogP) is 2.19. The number of para-hydroxylation sites is 1. The summed E-state index contributed by atoms with van der Waals surface area (Å²) in [5, 5.41) is -0.168. The Morgan fingerprint density at radius 1 is 1.39 bits per heavy atom. The maximum atomic E-state index is 12.5. The molecule has 1 heterocycles. The maximum Gasteiger partial charge on any atom is 0.335 e. The number of hydrogen-bond acceptors (Lipinski definition) is 5. The van der Waals surface area contributed by atoms with E-state index in [0.717, 1.165) is 5.69 Å². The summed E-state index contributed by atoms with van der Waals surface area (Å²) in [6.45, 7) is 2.69. The summed E-state index contributed by atoms with van der Waals surface area (Å²) in [5.74, 6) is -0.815. The van der Waals surface area contributed by atoms with Gasteiger partial charge in [0.25, 0.3) is 0 Å². The number of halogens is 1. The molecule has 1 amide bonds. The molecule has 1 atom stereocenters. The van der Waals surface area contributed by atoms with Gasteiger partial charge in [-0.3, -0.25) is 4.79 Å². The van der Waals surface area contributed by atoms with Gasteiger partial charge in [-0.2, -0.15) is 0 Å². The van der Waals surface area contributed by atoms with Gasteiger partial charge < -0.3 is 14.5 Å². The second kappa shape index (κ2) is 7.45. The van der Waals surface area contributed by atoms with Crippen LogP contribution in [0.3, 0.4) is 0 Å². The smallest absolute Gasteiger partial charge is 0.335 e. The summed E-state index contributed by atoms with van der Waals surface area (Å²) >= 11 is 7.27. The number of methoxy groups -OCH3 is 1. The molecule has 0 bridgehead atoms. The average molecular weight is 357 g/mol. The Labute approximate surface area is 145 Å². The molecular weight excluding hydrogens is 336 g/mol. The van der Waals surface area contributed by atoms with Gasteiger partial charge in [0.15, 0.2) is 5.54 Å². The minimum atomic E-state index is -0.987. The molecule has 0 radical (unpaired) electrons. The van der Waals surface area contributed by atoms with Crippen molar-refractivity contribution in [3.63, 3.8) is 0 Å². The highest BCUT2D eigenvalue weighted by atomic mass is 35.5. The van der Waals surface area contributed by atoms with Gasteiger partial charge in [-0.15, -0.1) is 23.4 Å². The molecule has 0 N–H and O–H groups in total. The number of esters is 1. The topological polar surface area (TPSA) is 49.9 Å². The first-order chi connectivity index (χ1) is 11.0. The van der Waals surface area contributed by atoms with E-state index in [9.17, 15) is 9.59 Å². The van der Waals surface area contributed by atoms with Crippen molar-refractivity contribution < 1.29 is 14.3 Å². The van der Waals surface area contributed by atoms with E-state index in [4.69, 9.17) is 16.3 Å². The summed E-state index contributed by atoms with van der Waals surface area (Å²) in [5.41, 5.74) is 0.0287. The van der Waals surface area contributed by atoms with Crippen molar-refractivity contribution in [1.82, 2.24) is 4.90 Å². The van der Waals surface area contributed by atoms with Crippen molar-refractivity contribution in [3.8, 4) is 0 Å². The summed E-state index contributed by atoms with van der Waals surface area (Å²) in [6, 6.07) is 9.79. The van der Waals surface area contributed by atoms with Crippen LogP contribution in [0, 0.1) is 0 Å². The molecule has 1 aromatic rings. The molecule has 0 saturated carbocycles. The quantitative estimate of drug-likeness (QED) is 0.444. The van der Waals surface area contributed by atoms with Crippen molar-refractivity contribution in [1.29, 1.82) is 0 Å². The largest absolute Gasteiger partial charge is 0.467 e. The monoisotopic (exact) mass is 356 g/mol. The normalized spacial score (nSPS) is 17.1. The maximum absolute atomic E-state index is 12.5. The zero-order chi connectivity index (χ0) is 17.0. The molecule has 1 aliphatic rings. The van der Waals surface area contributed by atoms with Gasteiger partial charge in [-0.05, 0) is 25.3 Å². The molecule has 5 nitrogen and oxygen atoms in total. The van der Waals surface area contributed by atoms with Gasteiger partial charge in [0.05, 0.1) is 25.6 Å². The molecule has 1 fully saturated rings. The van der Waals surface area contributed by atoms with Gasteiger partial charge in [-0.1, -0.05) is 18.2 Å². The Kier molecular flexibility index (Phi) is 5.81. The van der Waals surface area contributed by atoms with Crippen molar-refractivity contribution >= 4 is 40.9 Å². The zero-order valence-electron chi connectivity index (χ0n) is 13.5. The van der Waals surface area contributed by atoms with E-state index >= 15 is 0 Å². The van der Waals surface area contributed by atoms with Crippen molar-refractivity contribution in [2.75, 3.05) is 37.2 Å². The number of ether oxygens (including phenoxy) is 1. The van der Waals surface area contributed by atoms with Crippen LogP contribution in [0.4, 0.5) is 5.69 Å². The molecule has 0 aliphatic carbocycles. The van der Waals surface area contributed by atoms with Crippen LogP contribution in [0.15, 0.2) is 30.3 Å². The Balaban J connectivity index is 2.31. The lowest BCUT2D eigenvalue weighted by atomic mass is 9.86. The first-order valence-corrected chi connectivity index (χ1v) is 9.11. The highest BCUT2D eigenvalue weighted by molar-refractivity contribution is 7.99. The Bertz CT molecular complexity index is 564. The van der Waals surface area contributed by atoms with E-state index in [1.807, 2.05) is 43.5 Å². The van der Waals surface area contributed by atoms with E-state index in [-0.39, 0.29) is 17.2 Å². The van der Waals surface area contributed by atoms with Gasteiger partial charge in [0, 0.05) is 5.69 Å². The molecule has 0 spiro atoms. The van der Waals surface area contributed by atoms with Crippen molar-refractivity contribution in [2.24, 2.45) is 0 Å². The fraction of sp³-hybridized carbons (Fsp3) is 0.500. The number of nitrogens with zero attached hydrogens (tertiary/aromatic N) is 2. The van der Waals surface area contributed by atoms with Crippen molar-refractivity contribution in [3.05, 3.63) is 30.3 Å². The number of carbonyl (C=O) groups excluding carboxylic acids is 2. The molecule has 1 aromatic carbocycles. The van der Waals surface area contributed by atoms with Crippen molar-refractivity contribution in [2.45, 2.75) is 17.8 Å². The second-order valence-electron chi connectivity index (χ2n) is 5.45. The van der Waals surface area contributed by atoms with Crippen LogP contribution in [-0.2, 0) is 14.3 Å². The highest BCUT2D eigenvalue weighted by Gasteiger charge is 2.57. The predicted molar refractivity (Wildman–Crippen MR) is 93.9 cm³/mol. The number of amides is 1. The Morgan fingerprint density at radius 3 is 2.48 bits per heavy atom. The van der Waals surface area contributed by atoms with Crippen LogP contribution < -0.4 is 4.90 Å². The lowest BCUT2D eigenvalue weighted by molar-refractivity contribution is -0.164. The summed E-state index contributed by atoms with van der Waals surface area (Å²) in [7, 11) is 1.35. The Morgan fingerprint density at radius 2 is 2.00 bits per heavy atom. The molecule has 0 aromatic heterocycles. The summed E-state index contributed by atoms with van der Waals surface area (Å²) in [4.78, 5) is 28.5. The highest BCUT2D eigenvalue weighted by Crippen LogP contribution is 2.36. The third kappa shape index (κ3) is 3.28. The lowest BCUT2D eigenvalue weighted by Gasteiger charge is -2.55. The standard InChI is InChI=1S/C16H21ClN2O3S/c1-12(23-3)19(14(20)9-17)16(15(21)22-2)10-18(11-16)13-7-5-4-6-8-13/h4-8,12H,9-11H2,1-3H3. The average Bonchev–Trinajstić information content (AvgIpc) is 2.56. The SMILES string of the molecule is COC(=O)C1(N(C(=O)CCl)C(C)SC)CN(c2ccccc2)C1. The van der Waals surface area contributed by atoms with E-state index in [1.165, 1.54) is 18.9 Å². The fourth-order valence-electron chi connectivity index (χ4n) is 2.94. The number of carbonyl (C=O) groups is 2. The minimum Gasteiger partial charge on any atom is -0.467 e. The number of thioether (sulfide) groups is 1. The summed E-state index contributed by atoms with van der Waals surface area (Å²) in [6.07, 6.45) is 1.90. The van der Waals surface area contributed by atoms with Crippen LogP contribution in [0.5, 0.6) is 0 Å². The van der Waals surface area contributed by atoms with Crippen LogP contribution in [0.1, 0.15) is 6.92 Å². The third-order valence-electron chi connectivity index (χ3n) is 4.14. The van der Waals surface area contributed by atoms with E-state index in [2.05, 4.69) is 4.90 Å². The fourth-order valence-corrected chi connectivity index (χ4v) is 3.59. The number of benzene rings is 1. The van der Waals surface area contributed by atoms with Gasteiger partial charge >= 0.3 is 5.97 Å². The Hall–Kier alpha value is -1.40. The number of hydrogen-bond donors (Lipinski definition) is 0. The van der Waals surface area contributed by atoms with Crippen LogP contribution in [-0.4, -0.2) is 60.0 Å².